The largest absolute Gasteiger partial charge is 0.356 e. The second-order valence-electron chi connectivity index (χ2n) is 4.44. The molecule has 88 valence electrons. The van der Waals surface area contributed by atoms with Crippen molar-refractivity contribution in [3.8, 4) is 0 Å². The lowest BCUT2D eigenvalue weighted by atomic mass is 10.0. The van der Waals surface area contributed by atoms with E-state index in [4.69, 9.17) is 0 Å². The lowest BCUT2D eigenvalue weighted by Gasteiger charge is -2.08. The van der Waals surface area contributed by atoms with Gasteiger partial charge in [-0.1, -0.05) is 48.3 Å². The molecule has 1 rings (SSSR count). The molecule has 0 aromatic carbocycles. The van der Waals surface area contributed by atoms with Crippen molar-refractivity contribution in [3.05, 3.63) is 0 Å². The van der Waals surface area contributed by atoms with Crippen LogP contribution in [0.25, 0.3) is 0 Å². The van der Waals surface area contributed by atoms with Crippen LogP contribution in [0.4, 0.5) is 0 Å². The van der Waals surface area contributed by atoms with Crippen molar-refractivity contribution >= 4 is 28.5 Å². The second-order valence-corrected chi connectivity index (χ2v) is 5.51. The molecule has 0 aliphatic heterocycles. The van der Waals surface area contributed by atoms with Gasteiger partial charge in [0.2, 0.25) is 5.91 Å². The summed E-state index contributed by atoms with van der Waals surface area (Å²) in [4.78, 5) is 11.4. The van der Waals surface area contributed by atoms with E-state index in [1.807, 2.05) is 0 Å². The Kier molecular flexibility index (Phi) is 7.40. The van der Waals surface area contributed by atoms with Crippen molar-refractivity contribution in [3.63, 3.8) is 0 Å². The summed E-state index contributed by atoms with van der Waals surface area (Å²) in [6, 6.07) is 0. The maximum atomic E-state index is 11.4. The molecule has 0 aromatic rings. The Morgan fingerprint density at radius 3 is 2.67 bits per heavy atom. The number of alkyl halides is 1. The number of amides is 1. The number of rotatable bonds is 7. The number of halogens is 1. The Labute approximate surface area is 107 Å². The van der Waals surface area contributed by atoms with Crippen LogP contribution in [0.3, 0.4) is 0 Å². The Morgan fingerprint density at radius 1 is 1.27 bits per heavy atom. The summed E-state index contributed by atoms with van der Waals surface area (Å²) in [5.74, 6) is 1.10. The van der Waals surface area contributed by atoms with Crippen LogP contribution < -0.4 is 5.32 Å². The van der Waals surface area contributed by atoms with Crippen LogP contribution in [0.1, 0.15) is 51.4 Å². The number of carbonyl (C=O) groups is 1. The monoisotopic (exact) mass is 323 g/mol. The van der Waals surface area contributed by atoms with Gasteiger partial charge in [-0.15, -0.1) is 0 Å². The third-order valence-electron chi connectivity index (χ3n) is 3.14. The topological polar surface area (TPSA) is 29.1 Å². The fourth-order valence-corrected chi connectivity index (χ4v) is 2.71. The molecule has 0 radical (unpaired) electrons. The highest BCUT2D eigenvalue weighted by Crippen LogP contribution is 2.28. The standard InChI is InChI=1S/C12H22INO/c13-9-3-4-10-14-12(15)8-7-11-5-1-2-6-11/h11H,1-10H2,(H,14,15). The average molecular weight is 323 g/mol. The zero-order valence-corrected chi connectivity index (χ0v) is 11.6. The highest BCUT2D eigenvalue weighted by Gasteiger charge is 2.15. The molecule has 0 heterocycles. The first kappa shape index (κ1) is 13.3. The minimum atomic E-state index is 0.260. The molecule has 1 aliphatic carbocycles. The van der Waals surface area contributed by atoms with E-state index in [9.17, 15) is 4.79 Å². The minimum absolute atomic E-state index is 0.260. The van der Waals surface area contributed by atoms with E-state index in [1.165, 1.54) is 36.5 Å². The zero-order chi connectivity index (χ0) is 10.9. The molecule has 3 heteroatoms. The van der Waals surface area contributed by atoms with Gasteiger partial charge in [0.1, 0.15) is 0 Å². The third-order valence-corrected chi connectivity index (χ3v) is 3.90. The zero-order valence-electron chi connectivity index (χ0n) is 9.43. The fraction of sp³-hybridized carbons (Fsp3) is 0.917. The number of hydrogen-bond acceptors (Lipinski definition) is 1. The van der Waals surface area contributed by atoms with Crippen LogP contribution in [0.15, 0.2) is 0 Å². The van der Waals surface area contributed by atoms with Crippen molar-refractivity contribution in [2.75, 3.05) is 11.0 Å². The van der Waals surface area contributed by atoms with Crippen molar-refractivity contribution in [1.82, 2.24) is 5.32 Å². The van der Waals surface area contributed by atoms with Gasteiger partial charge in [-0.25, -0.2) is 0 Å². The summed E-state index contributed by atoms with van der Waals surface area (Å²) in [6.07, 6.45) is 9.64. The fourth-order valence-electron chi connectivity index (χ4n) is 2.17. The molecule has 0 bridgehead atoms. The Bertz CT molecular complexity index is 178. The smallest absolute Gasteiger partial charge is 0.220 e. The maximum absolute atomic E-state index is 11.4. The Hall–Kier alpha value is 0.200. The molecule has 0 spiro atoms. The van der Waals surface area contributed by atoms with Gasteiger partial charge >= 0.3 is 0 Å². The molecule has 0 unspecified atom stereocenters. The number of nitrogens with one attached hydrogen (secondary N) is 1. The predicted octanol–water partition coefficient (Wildman–Crippen LogP) is 3.29. The number of hydrogen-bond donors (Lipinski definition) is 1. The first-order valence-corrected chi connectivity index (χ1v) is 7.68. The molecular weight excluding hydrogens is 301 g/mol. The van der Waals surface area contributed by atoms with Gasteiger partial charge in [0.15, 0.2) is 0 Å². The van der Waals surface area contributed by atoms with E-state index >= 15 is 0 Å². The Balaban J connectivity index is 1.93. The molecule has 0 saturated heterocycles. The van der Waals surface area contributed by atoms with Crippen molar-refractivity contribution in [2.45, 2.75) is 51.4 Å². The SMILES string of the molecule is O=C(CCC1CCCC1)NCCCCI. The minimum Gasteiger partial charge on any atom is -0.356 e. The molecule has 2 nitrogen and oxygen atoms in total. The quantitative estimate of drug-likeness (QED) is 0.435. The van der Waals surface area contributed by atoms with Crippen molar-refractivity contribution < 1.29 is 4.79 Å². The van der Waals surface area contributed by atoms with Crippen LogP contribution in [-0.4, -0.2) is 16.9 Å². The van der Waals surface area contributed by atoms with Crippen LogP contribution in [0.5, 0.6) is 0 Å². The molecule has 1 amide bonds. The number of unbranched alkanes of at least 4 members (excludes halogenated alkanes) is 1. The highest BCUT2D eigenvalue weighted by atomic mass is 127. The van der Waals surface area contributed by atoms with Gasteiger partial charge in [0.05, 0.1) is 0 Å². The van der Waals surface area contributed by atoms with E-state index < -0.39 is 0 Å². The molecule has 1 aliphatic rings. The lowest BCUT2D eigenvalue weighted by Crippen LogP contribution is -2.24. The third kappa shape index (κ3) is 6.38. The molecule has 1 saturated carbocycles. The van der Waals surface area contributed by atoms with Crippen LogP contribution in [0.2, 0.25) is 0 Å². The highest BCUT2D eigenvalue weighted by molar-refractivity contribution is 14.1. The molecule has 15 heavy (non-hydrogen) atoms. The number of carbonyl (C=O) groups excluding carboxylic acids is 1. The van der Waals surface area contributed by atoms with E-state index in [-0.39, 0.29) is 5.91 Å². The van der Waals surface area contributed by atoms with Gasteiger partial charge < -0.3 is 5.32 Å². The van der Waals surface area contributed by atoms with E-state index in [1.54, 1.807) is 0 Å². The van der Waals surface area contributed by atoms with Crippen LogP contribution in [0, 0.1) is 5.92 Å². The van der Waals surface area contributed by atoms with E-state index in [0.29, 0.717) is 0 Å². The summed E-state index contributed by atoms with van der Waals surface area (Å²) in [7, 11) is 0. The normalized spacial score (nSPS) is 16.9. The Morgan fingerprint density at radius 2 is 2.00 bits per heavy atom. The summed E-state index contributed by atoms with van der Waals surface area (Å²) in [6.45, 7) is 0.868. The first-order valence-electron chi connectivity index (χ1n) is 6.15. The van der Waals surface area contributed by atoms with Crippen LogP contribution >= 0.6 is 22.6 Å². The molecule has 0 atom stereocenters. The molecular formula is C12H22INO. The summed E-state index contributed by atoms with van der Waals surface area (Å²) < 4.78 is 1.19. The van der Waals surface area contributed by atoms with Crippen LogP contribution in [-0.2, 0) is 4.79 Å². The molecule has 1 N–H and O–H groups in total. The van der Waals surface area contributed by atoms with Gasteiger partial charge in [-0.05, 0) is 29.6 Å². The van der Waals surface area contributed by atoms with Gasteiger partial charge in [0, 0.05) is 13.0 Å². The average Bonchev–Trinajstić information content (AvgIpc) is 2.74. The maximum Gasteiger partial charge on any atom is 0.220 e. The summed E-state index contributed by atoms with van der Waals surface area (Å²) >= 11 is 2.37. The van der Waals surface area contributed by atoms with E-state index in [0.717, 1.165) is 31.7 Å². The predicted molar refractivity (Wildman–Crippen MR) is 72.3 cm³/mol. The van der Waals surface area contributed by atoms with E-state index in [2.05, 4.69) is 27.9 Å². The van der Waals surface area contributed by atoms with Crippen molar-refractivity contribution in [2.24, 2.45) is 5.92 Å². The van der Waals surface area contributed by atoms with Crippen molar-refractivity contribution in [1.29, 1.82) is 0 Å². The van der Waals surface area contributed by atoms with Gasteiger partial charge in [-0.2, -0.15) is 0 Å². The van der Waals surface area contributed by atoms with Gasteiger partial charge in [-0.3, -0.25) is 4.79 Å². The summed E-state index contributed by atoms with van der Waals surface area (Å²) in [5, 5.41) is 3.00. The second kappa shape index (κ2) is 8.36. The molecule has 1 fully saturated rings. The lowest BCUT2D eigenvalue weighted by molar-refractivity contribution is -0.121. The van der Waals surface area contributed by atoms with Gasteiger partial charge in [0.25, 0.3) is 0 Å². The summed E-state index contributed by atoms with van der Waals surface area (Å²) in [5.41, 5.74) is 0. The molecule has 0 aromatic heterocycles. The first-order chi connectivity index (χ1) is 7.33.